The van der Waals surface area contributed by atoms with Crippen LogP contribution in [0.25, 0.3) is 5.57 Å². The summed E-state index contributed by atoms with van der Waals surface area (Å²) in [6.07, 6.45) is 1.78. The van der Waals surface area contributed by atoms with Crippen molar-refractivity contribution in [2.45, 2.75) is 0 Å². The Morgan fingerprint density at radius 1 is 1.17 bits per heavy atom. The molecule has 5 heteroatoms. The lowest BCUT2D eigenvalue weighted by Gasteiger charge is -2.18. The van der Waals surface area contributed by atoms with Gasteiger partial charge in [0.05, 0.1) is 24.1 Å². The molecule has 0 aromatic heterocycles. The first-order chi connectivity index (χ1) is 11.0. The van der Waals surface area contributed by atoms with Crippen LogP contribution >= 0.6 is 0 Å². The minimum absolute atomic E-state index is 0.151. The number of amides is 1. The van der Waals surface area contributed by atoms with Crippen molar-refractivity contribution in [3.05, 3.63) is 60.0 Å². The number of hydrogen-bond donors (Lipinski definition) is 0. The third-order valence-corrected chi connectivity index (χ3v) is 3.65. The van der Waals surface area contributed by atoms with Crippen LogP contribution in [-0.2, 0) is 4.79 Å². The number of benzene rings is 2. The fourth-order valence-electron chi connectivity index (χ4n) is 2.68. The van der Waals surface area contributed by atoms with Crippen molar-refractivity contribution in [3.63, 3.8) is 0 Å². The Balaban J connectivity index is 2.14. The van der Waals surface area contributed by atoms with E-state index in [1.54, 1.807) is 12.3 Å². The number of methoxy groups -OCH3 is 1. The van der Waals surface area contributed by atoms with Crippen molar-refractivity contribution in [1.82, 2.24) is 4.90 Å². The Labute approximate surface area is 134 Å². The third kappa shape index (κ3) is 2.54. The third-order valence-electron chi connectivity index (χ3n) is 3.65. The summed E-state index contributed by atoms with van der Waals surface area (Å²) < 4.78 is 19.0. The highest BCUT2D eigenvalue weighted by Gasteiger charge is 2.33. The molecule has 0 saturated carbocycles. The summed E-state index contributed by atoms with van der Waals surface area (Å²) in [4.78, 5) is 16.2. The number of hydrogen-bond acceptors (Lipinski definition) is 3. The minimum Gasteiger partial charge on any atom is -0.494 e. The molecule has 0 fully saturated rings. The molecule has 0 N–H and O–H groups in total. The molecule has 118 valence electrons. The maximum absolute atomic E-state index is 14.0. The first-order valence-corrected chi connectivity index (χ1v) is 7.18. The van der Waals surface area contributed by atoms with Crippen molar-refractivity contribution >= 4 is 22.9 Å². The van der Waals surface area contributed by atoms with Gasteiger partial charge in [0, 0.05) is 31.9 Å². The van der Waals surface area contributed by atoms with E-state index in [2.05, 4.69) is 0 Å². The van der Waals surface area contributed by atoms with E-state index in [0.717, 1.165) is 11.3 Å². The number of carbonyl (C=O) groups excluding carboxylic acids is 1. The van der Waals surface area contributed by atoms with Crippen molar-refractivity contribution < 1.29 is 13.9 Å². The number of anilines is 2. The van der Waals surface area contributed by atoms with Gasteiger partial charge in [-0.15, -0.1) is 0 Å². The summed E-state index contributed by atoms with van der Waals surface area (Å²) in [7, 11) is 5.13. The number of fused-ring (bicyclic) bond motifs is 1. The van der Waals surface area contributed by atoms with Crippen LogP contribution in [0.3, 0.4) is 0 Å². The lowest BCUT2D eigenvalue weighted by molar-refractivity contribution is -0.112. The standard InChI is InChI=1S/C18H17FN2O2/c1-20(2)11-14-13-6-4-5-7-16(13)21(18(14)22)12-8-9-17(23-3)15(19)10-12/h4-11H,1-3H3/b14-11-. The second-order valence-electron chi connectivity index (χ2n) is 5.48. The summed E-state index contributed by atoms with van der Waals surface area (Å²) in [5, 5.41) is 0. The Bertz CT molecular complexity index is 799. The van der Waals surface area contributed by atoms with Gasteiger partial charge in [0.1, 0.15) is 0 Å². The number of rotatable bonds is 3. The Kier molecular flexibility index (Phi) is 3.78. The summed E-state index contributed by atoms with van der Waals surface area (Å²) in [6.45, 7) is 0. The number of carbonyl (C=O) groups is 1. The largest absolute Gasteiger partial charge is 0.494 e. The summed E-state index contributed by atoms with van der Waals surface area (Å²) >= 11 is 0. The lowest BCUT2D eigenvalue weighted by atomic mass is 10.1. The molecule has 1 aliphatic rings. The van der Waals surface area contributed by atoms with Gasteiger partial charge < -0.3 is 9.64 Å². The number of ether oxygens (including phenoxy) is 1. The van der Waals surface area contributed by atoms with E-state index in [1.165, 1.54) is 24.1 Å². The van der Waals surface area contributed by atoms with Crippen LogP contribution < -0.4 is 9.64 Å². The van der Waals surface area contributed by atoms with Gasteiger partial charge in [0.2, 0.25) is 0 Å². The summed E-state index contributed by atoms with van der Waals surface area (Å²) in [5.41, 5.74) is 2.64. The zero-order valence-corrected chi connectivity index (χ0v) is 13.2. The monoisotopic (exact) mass is 312 g/mol. The van der Waals surface area contributed by atoms with Gasteiger partial charge in [0.25, 0.3) is 5.91 Å². The van der Waals surface area contributed by atoms with Crippen LogP contribution in [0.1, 0.15) is 5.56 Å². The van der Waals surface area contributed by atoms with Crippen LogP contribution in [0.4, 0.5) is 15.8 Å². The first kappa shape index (κ1) is 15.1. The van der Waals surface area contributed by atoms with Gasteiger partial charge in [-0.1, -0.05) is 18.2 Å². The van der Waals surface area contributed by atoms with Crippen LogP contribution in [0.15, 0.2) is 48.7 Å². The molecule has 1 aliphatic heterocycles. The number of para-hydroxylation sites is 1. The van der Waals surface area contributed by atoms with Gasteiger partial charge in [-0.25, -0.2) is 4.39 Å². The minimum atomic E-state index is -0.500. The molecule has 0 unspecified atom stereocenters. The molecule has 1 heterocycles. The van der Waals surface area contributed by atoms with Gasteiger partial charge >= 0.3 is 0 Å². The molecule has 3 rings (SSSR count). The van der Waals surface area contributed by atoms with Gasteiger partial charge in [0.15, 0.2) is 11.6 Å². The molecule has 0 aliphatic carbocycles. The predicted octanol–water partition coefficient (Wildman–Crippen LogP) is 3.42. The molecule has 4 nitrogen and oxygen atoms in total. The van der Waals surface area contributed by atoms with Gasteiger partial charge in [-0.2, -0.15) is 0 Å². The average Bonchev–Trinajstić information content (AvgIpc) is 2.79. The highest BCUT2D eigenvalue weighted by molar-refractivity contribution is 6.34. The SMILES string of the molecule is COc1ccc(N2C(=O)/C(=C\N(C)C)c3ccccc32)cc1F. The Morgan fingerprint density at radius 3 is 2.57 bits per heavy atom. The zero-order valence-electron chi connectivity index (χ0n) is 13.2. The smallest absolute Gasteiger partial charge is 0.265 e. The van der Waals surface area contributed by atoms with Crippen LogP contribution in [0, 0.1) is 5.82 Å². The van der Waals surface area contributed by atoms with E-state index in [1.807, 2.05) is 43.3 Å². The Morgan fingerprint density at radius 2 is 1.91 bits per heavy atom. The fourth-order valence-corrected chi connectivity index (χ4v) is 2.68. The van der Waals surface area contributed by atoms with E-state index in [0.29, 0.717) is 11.3 Å². The second-order valence-corrected chi connectivity index (χ2v) is 5.48. The van der Waals surface area contributed by atoms with E-state index >= 15 is 0 Å². The van der Waals surface area contributed by atoms with Crippen molar-refractivity contribution in [2.75, 3.05) is 26.1 Å². The molecular weight excluding hydrogens is 295 g/mol. The van der Waals surface area contributed by atoms with Crippen LogP contribution in [0.2, 0.25) is 0 Å². The normalized spacial score (nSPS) is 15.0. The number of halogens is 1. The summed E-state index contributed by atoms with van der Waals surface area (Å²) in [6, 6.07) is 12.0. The first-order valence-electron chi connectivity index (χ1n) is 7.18. The van der Waals surface area contributed by atoms with Crippen LogP contribution in [-0.4, -0.2) is 32.0 Å². The van der Waals surface area contributed by atoms with Gasteiger partial charge in [-0.3, -0.25) is 9.69 Å². The van der Waals surface area contributed by atoms with E-state index in [4.69, 9.17) is 4.74 Å². The fraction of sp³-hybridized carbons (Fsp3) is 0.167. The van der Waals surface area contributed by atoms with Crippen molar-refractivity contribution in [3.8, 4) is 5.75 Å². The highest BCUT2D eigenvalue weighted by Crippen LogP contribution is 2.42. The van der Waals surface area contributed by atoms with Crippen molar-refractivity contribution in [2.24, 2.45) is 0 Å². The topological polar surface area (TPSA) is 32.8 Å². The lowest BCUT2D eigenvalue weighted by Crippen LogP contribution is -2.21. The molecule has 0 radical (unpaired) electrons. The van der Waals surface area contributed by atoms with E-state index < -0.39 is 5.82 Å². The molecule has 0 atom stereocenters. The number of nitrogens with zero attached hydrogens (tertiary/aromatic N) is 2. The van der Waals surface area contributed by atoms with E-state index in [9.17, 15) is 9.18 Å². The summed E-state index contributed by atoms with van der Waals surface area (Å²) in [5.74, 6) is -0.525. The highest BCUT2D eigenvalue weighted by atomic mass is 19.1. The molecule has 2 aromatic carbocycles. The van der Waals surface area contributed by atoms with Gasteiger partial charge in [-0.05, 0) is 18.2 Å². The molecule has 1 amide bonds. The van der Waals surface area contributed by atoms with E-state index in [-0.39, 0.29) is 11.7 Å². The molecule has 0 saturated heterocycles. The average molecular weight is 312 g/mol. The molecular formula is C18H17FN2O2. The molecule has 0 bridgehead atoms. The zero-order chi connectivity index (χ0) is 16.6. The molecule has 23 heavy (non-hydrogen) atoms. The van der Waals surface area contributed by atoms with Crippen molar-refractivity contribution in [1.29, 1.82) is 0 Å². The van der Waals surface area contributed by atoms with Crippen LogP contribution in [0.5, 0.6) is 5.75 Å². The predicted molar refractivity (Wildman–Crippen MR) is 88.2 cm³/mol. The molecule has 2 aromatic rings. The molecule has 0 spiro atoms. The maximum atomic E-state index is 14.0. The quantitative estimate of drug-likeness (QED) is 0.814. The second kappa shape index (κ2) is 5.76. The maximum Gasteiger partial charge on any atom is 0.265 e. The Hall–Kier alpha value is -2.82.